The number of hydrogen-bond donors (Lipinski definition) is 2. The molecule has 0 radical (unpaired) electrons. The van der Waals surface area contributed by atoms with Gasteiger partial charge in [0, 0.05) is 17.3 Å². The molecule has 0 aliphatic rings. The number of nitrogens with one attached hydrogen (secondary N) is 1. The Balaban J connectivity index is 1.89. The molecule has 0 saturated carbocycles. The van der Waals surface area contributed by atoms with Crippen molar-refractivity contribution in [2.24, 2.45) is 10.7 Å². The van der Waals surface area contributed by atoms with Gasteiger partial charge in [-0.25, -0.2) is 4.99 Å². The Bertz CT molecular complexity index is 903. The third kappa shape index (κ3) is 3.45. The molecule has 24 heavy (non-hydrogen) atoms. The quantitative estimate of drug-likeness (QED) is 0.543. The van der Waals surface area contributed by atoms with Gasteiger partial charge in [-0.2, -0.15) is 13.2 Å². The summed E-state index contributed by atoms with van der Waals surface area (Å²) in [7, 11) is 0. The van der Waals surface area contributed by atoms with E-state index in [1.54, 1.807) is 18.3 Å². The van der Waals surface area contributed by atoms with Gasteiger partial charge in [0.1, 0.15) is 0 Å². The van der Waals surface area contributed by atoms with Crippen LogP contribution in [-0.2, 0) is 6.18 Å². The third-order valence-electron chi connectivity index (χ3n) is 3.33. The van der Waals surface area contributed by atoms with E-state index in [4.69, 9.17) is 5.73 Å². The molecule has 3 rings (SSSR count). The summed E-state index contributed by atoms with van der Waals surface area (Å²) in [6, 6.07) is 14.1. The number of pyridine rings is 1. The lowest BCUT2D eigenvalue weighted by Crippen LogP contribution is -2.22. The first-order chi connectivity index (χ1) is 11.4. The normalized spacial score (nSPS) is 12.4. The fourth-order valence-corrected chi connectivity index (χ4v) is 2.26. The molecule has 2 aromatic carbocycles. The van der Waals surface area contributed by atoms with Crippen molar-refractivity contribution < 1.29 is 13.2 Å². The summed E-state index contributed by atoms with van der Waals surface area (Å²) >= 11 is 0. The molecule has 7 heteroatoms. The molecule has 0 amide bonds. The molecule has 0 aliphatic heterocycles. The van der Waals surface area contributed by atoms with Crippen molar-refractivity contribution in [1.29, 1.82) is 0 Å². The highest BCUT2D eigenvalue weighted by atomic mass is 19.4. The SMILES string of the molecule is NC(=Nc1ccccc1C(F)(F)F)Nc1ccc2cccnc2c1. The maximum atomic E-state index is 13.0. The number of hydrogen-bond acceptors (Lipinski definition) is 2. The number of guanidine groups is 1. The number of rotatable bonds is 2. The summed E-state index contributed by atoms with van der Waals surface area (Å²) in [4.78, 5) is 8.05. The van der Waals surface area contributed by atoms with Crippen LogP contribution in [0.25, 0.3) is 10.9 Å². The second-order valence-corrected chi connectivity index (χ2v) is 5.05. The maximum Gasteiger partial charge on any atom is 0.418 e. The molecular weight excluding hydrogens is 317 g/mol. The van der Waals surface area contributed by atoms with Crippen LogP contribution in [0, 0.1) is 0 Å². The van der Waals surface area contributed by atoms with E-state index in [0.29, 0.717) is 5.69 Å². The summed E-state index contributed by atoms with van der Waals surface area (Å²) in [6.45, 7) is 0. The second kappa shape index (κ2) is 6.19. The number of alkyl halides is 3. The van der Waals surface area contributed by atoms with Crippen molar-refractivity contribution >= 4 is 28.2 Å². The molecule has 3 aromatic rings. The number of aliphatic imine (C=N–C) groups is 1. The van der Waals surface area contributed by atoms with Gasteiger partial charge in [0.2, 0.25) is 0 Å². The van der Waals surface area contributed by atoms with E-state index in [1.165, 1.54) is 18.2 Å². The van der Waals surface area contributed by atoms with Crippen LogP contribution in [0.5, 0.6) is 0 Å². The predicted octanol–water partition coefficient (Wildman–Crippen LogP) is 4.31. The van der Waals surface area contributed by atoms with Crippen molar-refractivity contribution in [2.45, 2.75) is 6.18 Å². The van der Waals surface area contributed by atoms with Gasteiger partial charge in [-0.1, -0.05) is 24.3 Å². The van der Waals surface area contributed by atoms with Crippen LogP contribution in [-0.4, -0.2) is 10.9 Å². The zero-order chi connectivity index (χ0) is 17.2. The maximum absolute atomic E-state index is 13.0. The Labute approximate surface area is 135 Å². The van der Waals surface area contributed by atoms with E-state index in [2.05, 4.69) is 15.3 Å². The van der Waals surface area contributed by atoms with Crippen molar-refractivity contribution in [3.8, 4) is 0 Å². The average molecular weight is 330 g/mol. The second-order valence-electron chi connectivity index (χ2n) is 5.05. The number of para-hydroxylation sites is 1. The van der Waals surface area contributed by atoms with Gasteiger partial charge in [0.05, 0.1) is 16.8 Å². The zero-order valence-corrected chi connectivity index (χ0v) is 12.4. The van der Waals surface area contributed by atoms with Gasteiger partial charge < -0.3 is 11.1 Å². The van der Waals surface area contributed by atoms with E-state index >= 15 is 0 Å². The molecule has 0 atom stereocenters. The Morgan fingerprint density at radius 1 is 1.04 bits per heavy atom. The molecule has 122 valence electrons. The van der Waals surface area contributed by atoms with Crippen LogP contribution >= 0.6 is 0 Å². The van der Waals surface area contributed by atoms with Crippen LogP contribution in [0.15, 0.2) is 65.8 Å². The number of fused-ring (bicyclic) bond motifs is 1. The Morgan fingerprint density at radius 2 is 1.83 bits per heavy atom. The van der Waals surface area contributed by atoms with Gasteiger partial charge >= 0.3 is 6.18 Å². The molecule has 3 N–H and O–H groups in total. The summed E-state index contributed by atoms with van der Waals surface area (Å²) in [6.07, 6.45) is -2.84. The number of nitrogens with two attached hydrogens (primary N) is 1. The Hall–Kier alpha value is -3.09. The summed E-state index contributed by atoms with van der Waals surface area (Å²) < 4.78 is 38.9. The van der Waals surface area contributed by atoms with Crippen molar-refractivity contribution in [2.75, 3.05) is 5.32 Å². The number of aromatic nitrogens is 1. The van der Waals surface area contributed by atoms with Gasteiger partial charge in [-0.05, 0) is 30.3 Å². The monoisotopic (exact) mass is 330 g/mol. The molecule has 4 nitrogen and oxygen atoms in total. The summed E-state index contributed by atoms with van der Waals surface area (Å²) in [5, 5.41) is 3.73. The van der Waals surface area contributed by atoms with Crippen molar-refractivity contribution in [3.05, 3.63) is 66.4 Å². The summed E-state index contributed by atoms with van der Waals surface area (Å²) in [5.74, 6) is -0.137. The molecular formula is C17H13F3N4. The van der Waals surface area contributed by atoms with Crippen molar-refractivity contribution in [1.82, 2.24) is 4.98 Å². The Kier molecular flexibility index (Phi) is 4.07. The smallest absolute Gasteiger partial charge is 0.369 e. The number of nitrogens with zero attached hydrogens (tertiary/aromatic N) is 2. The van der Waals surface area contributed by atoms with E-state index in [9.17, 15) is 13.2 Å². The van der Waals surface area contributed by atoms with Crippen LogP contribution in [0.3, 0.4) is 0 Å². The molecule has 1 heterocycles. The molecule has 0 bridgehead atoms. The first-order valence-corrected chi connectivity index (χ1v) is 7.06. The summed E-state index contributed by atoms with van der Waals surface area (Å²) in [5.41, 5.74) is 6.00. The fourth-order valence-electron chi connectivity index (χ4n) is 2.26. The minimum Gasteiger partial charge on any atom is -0.369 e. The van der Waals surface area contributed by atoms with Gasteiger partial charge in [0.25, 0.3) is 0 Å². The lowest BCUT2D eigenvalue weighted by atomic mass is 10.2. The first-order valence-electron chi connectivity index (χ1n) is 7.06. The van der Waals surface area contributed by atoms with Crippen LogP contribution in [0.2, 0.25) is 0 Å². The molecule has 0 unspecified atom stereocenters. The fraction of sp³-hybridized carbons (Fsp3) is 0.0588. The topological polar surface area (TPSA) is 63.3 Å². The molecule has 0 spiro atoms. The molecule has 0 saturated heterocycles. The molecule has 0 fully saturated rings. The lowest BCUT2D eigenvalue weighted by molar-refractivity contribution is -0.137. The Morgan fingerprint density at radius 3 is 2.62 bits per heavy atom. The molecule has 1 aromatic heterocycles. The van der Waals surface area contributed by atoms with Crippen LogP contribution in [0.4, 0.5) is 24.5 Å². The average Bonchev–Trinajstić information content (AvgIpc) is 2.54. The number of benzene rings is 2. The molecule has 0 aliphatic carbocycles. The predicted molar refractivity (Wildman–Crippen MR) is 88.1 cm³/mol. The van der Waals surface area contributed by atoms with E-state index < -0.39 is 11.7 Å². The number of anilines is 1. The third-order valence-corrected chi connectivity index (χ3v) is 3.33. The van der Waals surface area contributed by atoms with Crippen molar-refractivity contribution in [3.63, 3.8) is 0 Å². The van der Waals surface area contributed by atoms with Gasteiger partial charge in [0.15, 0.2) is 5.96 Å². The zero-order valence-electron chi connectivity index (χ0n) is 12.4. The van der Waals surface area contributed by atoms with Crippen LogP contribution in [0.1, 0.15) is 5.56 Å². The lowest BCUT2D eigenvalue weighted by Gasteiger charge is -2.11. The first kappa shape index (κ1) is 15.8. The van der Waals surface area contributed by atoms with E-state index in [-0.39, 0.29) is 11.6 Å². The van der Waals surface area contributed by atoms with E-state index in [1.807, 2.05) is 18.2 Å². The minimum atomic E-state index is -4.49. The standard InChI is InChI=1S/C17H13F3N4/c18-17(19,20)13-5-1-2-6-14(13)24-16(21)23-12-8-7-11-4-3-9-22-15(11)10-12/h1-10H,(H3,21,23,24). The number of halogens is 3. The highest BCUT2D eigenvalue weighted by Gasteiger charge is 2.33. The van der Waals surface area contributed by atoms with Gasteiger partial charge in [-0.15, -0.1) is 0 Å². The minimum absolute atomic E-state index is 0.137. The van der Waals surface area contributed by atoms with Crippen LogP contribution < -0.4 is 11.1 Å². The largest absolute Gasteiger partial charge is 0.418 e. The van der Waals surface area contributed by atoms with Gasteiger partial charge in [-0.3, -0.25) is 4.98 Å². The highest BCUT2D eigenvalue weighted by molar-refractivity contribution is 5.96. The highest BCUT2D eigenvalue weighted by Crippen LogP contribution is 2.35. The van der Waals surface area contributed by atoms with E-state index in [0.717, 1.165) is 17.0 Å².